The van der Waals surface area contributed by atoms with E-state index in [0.29, 0.717) is 38.9 Å². The lowest BCUT2D eigenvalue weighted by Gasteiger charge is -2.31. The second-order valence-corrected chi connectivity index (χ2v) is 6.64. The number of carbonyl (C=O) groups is 2. The van der Waals surface area contributed by atoms with Gasteiger partial charge in [0.1, 0.15) is 0 Å². The van der Waals surface area contributed by atoms with Gasteiger partial charge in [-0.15, -0.1) is 0 Å². The SMILES string of the molecule is Cc1cccnc1CCNC(=O)[C@@H]1CCC(=O)N(Cc2ccccn2)C1. The summed E-state index contributed by atoms with van der Waals surface area (Å²) in [5, 5.41) is 2.99. The molecule has 2 aromatic rings. The molecule has 2 aromatic heterocycles. The van der Waals surface area contributed by atoms with Crippen LogP contribution >= 0.6 is 0 Å². The number of aromatic nitrogens is 2. The van der Waals surface area contributed by atoms with Gasteiger partial charge in [-0.25, -0.2) is 0 Å². The zero-order valence-corrected chi connectivity index (χ0v) is 15.0. The third-order valence-corrected chi connectivity index (χ3v) is 4.73. The topological polar surface area (TPSA) is 75.2 Å². The summed E-state index contributed by atoms with van der Waals surface area (Å²) < 4.78 is 0. The Bertz CT molecular complexity index is 763. The molecule has 0 unspecified atom stereocenters. The summed E-state index contributed by atoms with van der Waals surface area (Å²) >= 11 is 0. The van der Waals surface area contributed by atoms with E-state index in [1.165, 1.54) is 0 Å². The van der Waals surface area contributed by atoms with Crippen molar-refractivity contribution < 1.29 is 9.59 Å². The lowest BCUT2D eigenvalue weighted by molar-refractivity contribution is -0.138. The summed E-state index contributed by atoms with van der Waals surface area (Å²) in [5.74, 6) is -0.0674. The smallest absolute Gasteiger partial charge is 0.224 e. The van der Waals surface area contributed by atoms with E-state index in [-0.39, 0.29) is 17.7 Å². The Hall–Kier alpha value is -2.76. The van der Waals surface area contributed by atoms with Crippen molar-refractivity contribution in [2.24, 2.45) is 5.92 Å². The van der Waals surface area contributed by atoms with E-state index in [1.54, 1.807) is 17.3 Å². The van der Waals surface area contributed by atoms with E-state index in [0.717, 1.165) is 17.0 Å². The number of carbonyl (C=O) groups excluding carboxylic acids is 2. The summed E-state index contributed by atoms with van der Waals surface area (Å²) in [7, 11) is 0. The second kappa shape index (κ2) is 8.56. The number of likely N-dealkylation sites (tertiary alicyclic amines) is 1. The van der Waals surface area contributed by atoms with Crippen molar-refractivity contribution in [2.45, 2.75) is 32.7 Å². The van der Waals surface area contributed by atoms with Crippen LogP contribution in [0, 0.1) is 12.8 Å². The number of aryl methyl sites for hydroxylation is 1. The largest absolute Gasteiger partial charge is 0.355 e. The van der Waals surface area contributed by atoms with Gasteiger partial charge >= 0.3 is 0 Å². The molecular formula is C20H24N4O2. The third-order valence-electron chi connectivity index (χ3n) is 4.73. The number of nitrogens with zero attached hydrogens (tertiary/aromatic N) is 3. The maximum absolute atomic E-state index is 12.5. The van der Waals surface area contributed by atoms with Crippen molar-refractivity contribution in [3.05, 3.63) is 59.7 Å². The predicted molar refractivity (Wildman–Crippen MR) is 98.1 cm³/mol. The van der Waals surface area contributed by atoms with Gasteiger partial charge in [0.2, 0.25) is 11.8 Å². The van der Waals surface area contributed by atoms with Crippen LogP contribution in [0.2, 0.25) is 0 Å². The van der Waals surface area contributed by atoms with Gasteiger partial charge in [-0.05, 0) is 37.1 Å². The van der Waals surface area contributed by atoms with E-state index in [9.17, 15) is 9.59 Å². The number of piperidine rings is 1. The van der Waals surface area contributed by atoms with Crippen molar-refractivity contribution in [2.75, 3.05) is 13.1 Å². The van der Waals surface area contributed by atoms with Crippen molar-refractivity contribution in [1.82, 2.24) is 20.2 Å². The van der Waals surface area contributed by atoms with Gasteiger partial charge in [-0.2, -0.15) is 0 Å². The number of hydrogen-bond donors (Lipinski definition) is 1. The summed E-state index contributed by atoms with van der Waals surface area (Å²) in [6, 6.07) is 9.58. The Morgan fingerprint density at radius 2 is 2.08 bits per heavy atom. The highest BCUT2D eigenvalue weighted by Gasteiger charge is 2.30. The molecule has 1 fully saturated rings. The van der Waals surface area contributed by atoms with E-state index in [2.05, 4.69) is 15.3 Å². The Morgan fingerprint density at radius 1 is 1.23 bits per heavy atom. The normalized spacial score (nSPS) is 17.2. The highest BCUT2D eigenvalue weighted by molar-refractivity contribution is 5.83. The highest BCUT2D eigenvalue weighted by atomic mass is 16.2. The fourth-order valence-electron chi connectivity index (χ4n) is 3.20. The molecule has 3 rings (SSSR count). The van der Waals surface area contributed by atoms with Crippen LogP contribution in [-0.2, 0) is 22.6 Å². The van der Waals surface area contributed by atoms with E-state index >= 15 is 0 Å². The maximum Gasteiger partial charge on any atom is 0.224 e. The van der Waals surface area contributed by atoms with Gasteiger partial charge in [0.05, 0.1) is 18.2 Å². The third kappa shape index (κ3) is 4.65. The van der Waals surface area contributed by atoms with Crippen molar-refractivity contribution in [3.8, 4) is 0 Å². The summed E-state index contributed by atoms with van der Waals surface area (Å²) in [6.07, 6.45) is 5.21. The molecule has 0 spiro atoms. The molecule has 1 N–H and O–H groups in total. The molecule has 0 aliphatic carbocycles. The Labute approximate surface area is 153 Å². The van der Waals surface area contributed by atoms with Gasteiger partial charge < -0.3 is 10.2 Å². The van der Waals surface area contributed by atoms with Crippen molar-refractivity contribution in [3.63, 3.8) is 0 Å². The van der Waals surface area contributed by atoms with Crippen LogP contribution in [0.3, 0.4) is 0 Å². The molecule has 3 heterocycles. The van der Waals surface area contributed by atoms with Crippen LogP contribution in [-0.4, -0.2) is 39.8 Å². The van der Waals surface area contributed by atoms with Gasteiger partial charge in [0, 0.05) is 44.0 Å². The summed E-state index contributed by atoms with van der Waals surface area (Å²) in [5.41, 5.74) is 2.97. The van der Waals surface area contributed by atoms with Gasteiger partial charge in [-0.1, -0.05) is 12.1 Å². The summed E-state index contributed by atoms with van der Waals surface area (Å²) in [4.78, 5) is 35.0. The molecule has 0 aromatic carbocycles. The molecule has 6 heteroatoms. The number of pyridine rings is 2. The van der Waals surface area contributed by atoms with Crippen LogP contribution in [0.25, 0.3) is 0 Å². The molecule has 1 aliphatic heterocycles. The van der Waals surface area contributed by atoms with E-state index in [4.69, 9.17) is 0 Å². The van der Waals surface area contributed by atoms with Crippen LogP contribution < -0.4 is 5.32 Å². The minimum Gasteiger partial charge on any atom is -0.355 e. The molecule has 2 amide bonds. The van der Waals surface area contributed by atoms with Gasteiger partial charge in [0.15, 0.2) is 0 Å². The molecule has 26 heavy (non-hydrogen) atoms. The average Bonchev–Trinajstić information content (AvgIpc) is 2.66. The zero-order chi connectivity index (χ0) is 18.4. The summed E-state index contributed by atoms with van der Waals surface area (Å²) in [6.45, 7) is 3.48. The van der Waals surface area contributed by atoms with Crippen LogP contribution in [0.5, 0.6) is 0 Å². The number of rotatable bonds is 6. The molecule has 0 saturated carbocycles. The molecule has 0 radical (unpaired) electrons. The molecule has 6 nitrogen and oxygen atoms in total. The van der Waals surface area contributed by atoms with E-state index < -0.39 is 0 Å². The molecule has 1 saturated heterocycles. The Balaban J connectivity index is 1.51. The first-order valence-electron chi connectivity index (χ1n) is 8.99. The van der Waals surface area contributed by atoms with Crippen LogP contribution in [0.1, 0.15) is 29.8 Å². The van der Waals surface area contributed by atoms with E-state index in [1.807, 2.05) is 37.3 Å². The Kier molecular flexibility index (Phi) is 5.94. The first-order chi connectivity index (χ1) is 12.6. The monoisotopic (exact) mass is 352 g/mol. The second-order valence-electron chi connectivity index (χ2n) is 6.64. The lowest BCUT2D eigenvalue weighted by Crippen LogP contribution is -2.45. The predicted octanol–water partition coefficient (Wildman–Crippen LogP) is 1.88. The number of nitrogens with one attached hydrogen (secondary N) is 1. The zero-order valence-electron chi connectivity index (χ0n) is 15.0. The van der Waals surface area contributed by atoms with Gasteiger partial charge in [0.25, 0.3) is 0 Å². The fraction of sp³-hybridized carbons (Fsp3) is 0.400. The molecule has 136 valence electrons. The number of hydrogen-bond acceptors (Lipinski definition) is 4. The molecule has 1 aliphatic rings. The number of amides is 2. The molecular weight excluding hydrogens is 328 g/mol. The van der Waals surface area contributed by atoms with Crippen molar-refractivity contribution in [1.29, 1.82) is 0 Å². The highest BCUT2D eigenvalue weighted by Crippen LogP contribution is 2.19. The molecule has 0 bridgehead atoms. The minimum absolute atomic E-state index is 0.0112. The van der Waals surface area contributed by atoms with Crippen LogP contribution in [0.4, 0.5) is 0 Å². The van der Waals surface area contributed by atoms with Crippen molar-refractivity contribution >= 4 is 11.8 Å². The minimum atomic E-state index is -0.166. The average molecular weight is 352 g/mol. The first kappa shape index (κ1) is 18.0. The van der Waals surface area contributed by atoms with Crippen LogP contribution in [0.15, 0.2) is 42.7 Å². The maximum atomic E-state index is 12.5. The van der Waals surface area contributed by atoms with Gasteiger partial charge in [-0.3, -0.25) is 19.6 Å². The standard InChI is InChI=1S/C20H24N4O2/c1-15-5-4-11-22-18(15)9-12-23-20(26)16-7-8-19(25)24(13-16)14-17-6-2-3-10-21-17/h2-6,10-11,16H,7-9,12-14H2,1H3,(H,23,26)/t16-/m1/s1. The fourth-order valence-corrected chi connectivity index (χ4v) is 3.20. The quantitative estimate of drug-likeness (QED) is 0.861. The first-order valence-corrected chi connectivity index (χ1v) is 8.99. The molecule has 1 atom stereocenters. The Morgan fingerprint density at radius 3 is 2.85 bits per heavy atom. The lowest BCUT2D eigenvalue weighted by atomic mass is 9.96.